The molecule has 0 atom stereocenters. The van der Waals surface area contributed by atoms with Crippen LogP contribution in [0.2, 0.25) is 5.02 Å². The fourth-order valence-electron chi connectivity index (χ4n) is 3.91. The van der Waals surface area contributed by atoms with Crippen LogP contribution in [0.15, 0.2) is 36.4 Å². The molecule has 0 bridgehead atoms. The predicted octanol–water partition coefficient (Wildman–Crippen LogP) is 4.44. The highest BCUT2D eigenvalue weighted by Gasteiger charge is 2.25. The van der Waals surface area contributed by atoms with Crippen molar-refractivity contribution in [3.05, 3.63) is 47.0 Å². The number of aromatic amines is 1. The third-order valence-electron chi connectivity index (χ3n) is 5.08. The third-order valence-corrected chi connectivity index (χ3v) is 5.40. The van der Waals surface area contributed by atoms with E-state index < -0.39 is 0 Å². The van der Waals surface area contributed by atoms with Gasteiger partial charge in [0, 0.05) is 23.1 Å². The summed E-state index contributed by atoms with van der Waals surface area (Å²) >= 11 is 6.53. The number of benzene rings is 2. The molecule has 27 heavy (non-hydrogen) atoms. The molecular formula is C20H18ClN5O. The van der Waals surface area contributed by atoms with Gasteiger partial charge in [-0.3, -0.25) is 0 Å². The number of halogens is 1. The Morgan fingerprint density at radius 2 is 2.07 bits per heavy atom. The van der Waals surface area contributed by atoms with E-state index in [1.54, 1.807) is 7.11 Å². The van der Waals surface area contributed by atoms with E-state index in [9.17, 15) is 0 Å². The third kappa shape index (κ3) is 2.48. The first kappa shape index (κ1) is 16.2. The standard InChI is InChI=1S/C20H18ClN5O/c1-27-12-7-8-15-11(10-12)4-3-9-26(15)19-17-16-13(21)5-2-6-14(16)23-18(17)24-20(22)25-19/h2,5-8,10H,3-4,9H2,1H3,(H3,22,23,24,25). The van der Waals surface area contributed by atoms with Crippen molar-refractivity contribution in [3.63, 3.8) is 0 Å². The molecule has 0 spiro atoms. The zero-order valence-corrected chi connectivity index (χ0v) is 15.5. The van der Waals surface area contributed by atoms with Crippen LogP contribution in [0.4, 0.5) is 17.5 Å². The Morgan fingerprint density at radius 1 is 1.19 bits per heavy atom. The number of fused-ring (bicyclic) bond motifs is 4. The number of rotatable bonds is 2. The maximum atomic E-state index is 6.53. The van der Waals surface area contributed by atoms with Crippen molar-refractivity contribution in [1.82, 2.24) is 15.0 Å². The molecule has 0 aliphatic carbocycles. The smallest absolute Gasteiger partial charge is 0.224 e. The van der Waals surface area contributed by atoms with Crippen molar-refractivity contribution in [2.75, 3.05) is 24.3 Å². The summed E-state index contributed by atoms with van der Waals surface area (Å²) < 4.78 is 5.38. The molecule has 2 aromatic heterocycles. The zero-order valence-electron chi connectivity index (χ0n) is 14.8. The number of nitrogen functional groups attached to an aromatic ring is 1. The summed E-state index contributed by atoms with van der Waals surface area (Å²) in [7, 11) is 1.69. The Bertz CT molecular complexity index is 1190. The second-order valence-electron chi connectivity index (χ2n) is 6.67. The molecule has 0 fully saturated rings. The van der Waals surface area contributed by atoms with Gasteiger partial charge in [0.2, 0.25) is 5.95 Å². The van der Waals surface area contributed by atoms with Crippen molar-refractivity contribution >= 4 is 51.0 Å². The van der Waals surface area contributed by atoms with Crippen molar-refractivity contribution in [2.24, 2.45) is 0 Å². The van der Waals surface area contributed by atoms with Crippen molar-refractivity contribution in [3.8, 4) is 5.75 Å². The maximum Gasteiger partial charge on any atom is 0.224 e. The minimum Gasteiger partial charge on any atom is -0.497 e. The molecular weight excluding hydrogens is 362 g/mol. The maximum absolute atomic E-state index is 6.53. The van der Waals surface area contributed by atoms with Crippen LogP contribution in [-0.4, -0.2) is 28.6 Å². The molecule has 136 valence electrons. The topological polar surface area (TPSA) is 80.1 Å². The lowest BCUT2D eigenvalue weighted by Gasteiger charge is -2.31. The van der Waals surface area contributed by atoms with Gasteiger partial charge in [-0.05, 0) is 48.7 Å². The monoisotopic (exact) mass is 379 g/mol. The average molecular weight is 380 g/mol. The van der Waals surface area contributed by atoms with Crippen LogP contribution in [-0.2, 0) is 6.42 Å². The molecule has 0 amide bonds. The SMILES string of the molecule is COc1ccc2c(c1)CCCN2c1nc(N)nc2[nH]c3cccc(Cl)c3c12. The van der Waals surface area contributed by atoms with E-state index in [1.807, 2.05) is 24.3 Å². The van der Waals surface area contributed by atoms with Gasteiger partial charge < -0.3 is 20.4 Å². The van der Waals surface area contributed by atoms with Gasteiger partial charge in [-0.2, -0.15) is 9.97 Å². The summed E-state index contributed by atoms with van der Waals surface area (Å²) in [4.78, 5) is 14.5. The highest BCUT2D eigenvalue weighted by Crippen LogP contribution is 2.41. The lowest BCUT2D eigenvalue weighted by atomic mass is 10.0. The number of nitrogens with one attached hydrogen (secondary N) is 1. The molecule has 0 saturated carbocycles. The van der Waals surface area contributed by atoms with Crippen LogP contribution in [0.25, 0.3) is 21.9 Å². The molecule has 0 radical (unpaired) electrons. The van der Waals surface area contributed by atoms with Gasteiger partial charge in [-0.25, -0.2) is 0 Å². The van der Waals surface area contributed by atoms with E-state index >= 15 is 0 Å². The Hall–Kier alpha value is -2.99. The first-order valence-electron chi connectivity index (χ1n) is 8.83. The van der Waals surface area contributed by atoms with E-state index in [-0.39, 0.29) is 5.95 Å². The average Bonchev–Trinajstić information content (AvgIpc) is 3.05. The summed E-state index contributed by atoms with van der Waals surface area (Å²) in [5.74, 6) is 1.88. The van der Waals surface area contributed by atoms with Crippen LogP contribution < -0.4 is 15.4 Å². The van der Waals surface area contributed by atoms with E-state index in [4.69, 9.17) is 22.1 Å². The number of hydrogen-bond acceptors (Lipinski definition) is 5. The van der Waals surface area contributed by atoms with Crippen molar-refractivity contribution in [2.45, 2.75) is 12.8 Å². The predicted molar refractivity (Wildman–Crippen MR) is 109 cm³/mol. The molecule has 3 heterocycles. The van der Waals surface area contributed by atoms with Gasteiger partial charge in [0.15, 0.2) is 0 Å². The molecule has 2 aromatic carbocycles. The lowest BCUT2D eigenvalue weighted by Crippen LogP contribution is -2.26. The first-order chi connectivity index (χ1) is 13.2. The van der Waals surface area contributed by atoms with E-state index in [2.05, 4.69) is 32.0 Å². The summed E-state index contributed by atoms with van der Waals surface area (Å²) in [6.45, 7) is 0.849. The van der Waals surface area contributed by atoms with E-state index in [0.29, 0.717) is 10.7 Å². The van der Waals surface area contributed by atoms with Crippen LogP contribution >= 0.6 is 11.6 Å². The summed E-state index contributed by atoms with van der Waals surface area (Å²) in [5, 5.41) is 2.48. The van der Waals surface area contributed by atoms with Gasteiger partial charge in [0.25, 0.3) is 0 Å². The number of hydrogen-bond donors (Lipinski definition) is 2. The van der Waals surface area contributed by atoms with Crippen molar-refractivity contribution < 1.29 is 4.74 Å². The van der Waals surface area contributed by atoms with Gasteiger partial charge in [-0.1, -0.05) is 17.7 Å². The Morgan fingerprint density at radius 3 is 2.93 bits per heavy atom. The summed E-state index contributed by atoms with van der Waals surface area (Å²) in [6, 6.07) is 11.9. The molecule has 1 aliphatic rings. The quantitative estimate of drug-likeness (QED) is 0.538. The minimum atomic E-state index is 0.237. The summed E-state index contributed by atoms with van der Waals surface area (Å²) in [6.07, 6.45) is 2.02. The lowest BCUT2D eigenvalue weighted by molar-refractivity contribution is 0.414. The van der Waals surface area contributed by atoms with Crippen LogP contribution in [0.5, 0.6) is 5.75 Å². The molecule has 6 nitrogen and oxygen atoms in total. The Balaban J connectivity index is 1.80. The Labute approximate surface area is 160 Å². The number of H-pyrrole nitrogens is 1. The van der Waals surface area contributed by atoms with Gasteiger partial charge in [-0.15, -0.1) is 0 Å². The number of ether oxygens (including phenoxy) is 1. The number of nitrogens with two attached hydrogens (primary N) is 1. The summed E-state index contributed by atoms with van der Waals surface area (Å²) in [5.41, 5.74) is 10.00. The molecule has 4 aromatic rings. The van der Waals surface area contributed by atoms with Gasteiger partial charge >= 0.3 is 0 Å². The first-order valence-corrected chi connectivity index (χ1v) is 9.21. The molecule has 0 saturated heterocycles. The second-order valence-corrected chi connectivity index (χ2v) is 7.07. The van der Waals surface area contributed by atoms with Gasteiger partial charge in [0.1, 0.15) is 17.2 Å². The molecule has 0 unspecified atom stereocenters. The highest BCUT2D eigenvalue weighted by molar-refractivity contribution is 6.38. The number of nitrogens with zero attached hydrogens (tertiary/aromatic N) is 3. The highest BCUT2D eigenvalue weighted by atomic mass is 35.5. The number of aryl methyl sites for hydroxylation is 1. The number of aromatic nitrogens is 3. The van der Waals surface area contributed by atoms with E-state index in [0.717, 1.165) is 52.9 Å². The number of anilines is 3. The fourth-order valence-corrected chi connectivity index (χ4v) is 4.18. The number of methoxy groups -OCH3 is 1. The molecule has 5 rings (SSSR count). The molecule has 1 aliphatic heterocycles. The van der Waals surface area contributed by atoms with Crippen LogP contribution in [0.3, 0.4) is 0 Å². The largest absolute Gasteiger partial charge is 0.497 e. The van der Waals surface area contributed by atoms with E-state index in [1.165, 1.54) is 5.56 Å². The van der Waals surface area contributed by atoms with Crippen molar-refractivity contribution in [1.29, 1.82) is 0 Å². The molecule has 7 heteroatoms. The second kappa shape index (κ2) is 6.03. The van der Waals surface area contributed by atoms with Gasteiger partial charge in [0.05, 0.1) is 17.5 Å². The normalized spacial score (nSPS) is 13.9. The Kier molecular flexibility index (Phi) is 3.62. The molecule has 3 N–H and O–H groups in total. The minimum absolute atomic E-state index is 0.237. The zero-order chi connectivity index (χ0) is 18.5. The fraction of sp³-hybridized carbons (Fsp3) is 0.200. The van der Waals surface area contributed by atoms with Crippen LogP contribution in [0.1, 0.15) is 12.0 Å². The van der Waals surface area contributed by atoms with Crippen LogP contribution in [0, 0.1) is 0 Å².